The van der Waals surface area contributed by atoms with Crippen LogP contribution in [0.2, 0.25) is 5.02 Å². The van der Waals surface area contributed by atoms with Crippen LogP contribution in [0.4, 0.5) is 11.5 Å². The molecule has 0 atom stereocenters. The number of rotatable bonds is 12. The van der Waals surface area contributed by atoms with Gasteiger partial charge in [-0.1, -0.05) is 17.7 Å². The second-order valence-corrected chi connectivity index (χ2v) is 11.8. The zero-order valence-electron chi connectivity index (χ0n) is 24.9. The van der Waals surface area contributed by atoms with Gasteiger partial charge in [0.15, 0.2) is 0 Å². The second-order valence-electron chi connectivity index (χ2n) is 9.14. The lowest BCUT2D eigenvalue weighted by atomic mass is 10.1. The average Bonchev–Trinajstić information content (AvgIpc) is 3.43. The van der Waals surface area contributed by atoms with Crippen LogP contribution in [0.25, 0.3) is 22.2 Å². The predicted molar refractivity (Wildman–Crippen MR) is 159 cm³/mol. The van der Waals surface area contributed by atoms with Gasteiger partial charge in [-0.3, -0.25) is 4.98 Å². The highest BCUT2D eigenvalue weighted by atomic mass is 35.5. The van der Waals surface area contributed by atoms with Gasteiger partial charge in [-0.05, 0) is 48.5 Å². The molecular weight excluding hydrogens is 566 g/mol. The summed E-state index contributed by atoms with van der Waals surface area (Å²) in [5, 5.41) is 7.21. The zero-order valence-corrected chi connectivity index (χ0v) is 23.5. The number of fused-ring (bicyclic) bond motifs is 1. The maximum atomic E-state index is 11.4. The van der Waals surface area contributed by atoms with Crippen LogP contribution >= 0.6 is 11.6 Å². The largest absolute Gasteiger partial charge is 0.496 e. The number of hydrogen-bond donors (Lipinski definition) is 2. The number of anilines is 2. The Morgan fingerprint density at radius 3 is 2.73 bits per heavy atom. The van der Waals surface area contributed by atoms with Gasteiger partial charge in [-0.25, -0.2) is 18.4 Å². The van der Waals surface area contributed by atoms with E-state index in [0.717, 1.165) is 5.69 Å². The molecule has 3 aromatic heterocycles. The summed E-state index contributed by atoms with van der Waals surface area (Å²) >= 11 is 6.50. The second kappa shape index (κ2) is 12.5. The van der Waals surface area contributed by atoms with E-state index in [-0.39, 0.29) is 31.2 Å². The number of sulfone groups is 1. The molecule has 0 aliphatic carbocycles. The number of benzene rings is 2. The summed E-state index contributed by atoms with van der Waals surface area (Å²) in [4.78, 5) is 13.0. The number of nitrogens with zero attached hydrogens (tertiary/aromatic N) is 3. The molecule has 0 saturated heterocycles. The fourth-order valence-corrected chi connectivity index (χ4v) is 4.77. The normalized spacial score (nSPS) is 12.9. The Hall–Kier alpha value is -4.19. The number of pyridine rings is 1. The Balaban J connectivity index is 1.41. The molecule has 0 aliphatic rings. The van der Waals surface area contributed by atoms with E-state index in [2.05, 4.69) is 25.6 Å². The molecule has 0 amide bonds. The Kier molecular flexibility index (Phi) is 7.53. The molecule has 212 valence electrons. The maximum absolute atomic E-state index is 11.4. The third-order valence-corrected chi connectivity index (χ3v) is 7.26. The van der Waals surface area contributed by atoms with Crippen LogP contribution in [-0.2, 0) is 23.0 Å². The molecule has 2 N–H and O–H groups in total. The van der Waals surface area contributed by atoms with Crippen LogP contribution in [0, 0.1) is 0 Å². The van der Waals surface area contributed by atoms with Crippen molar-refractivity contribution in [1.82, 2.24) is 20.3 Å². The highest BCUT2D eigenvalue weighted by Gasteiger charge is 2.16. The molecule has 41 heavy (non-hydrogen) atoms. The van der Waals surface area contributed by atoms with E-state index in [1.165, 1.54) is 18.6 Å². The summed E-state index contributed by atoms with van der Waals surface area (Å²) in [6.45, 7) is 0.793. The van der Waals surface area contributed by atoms with Crippen LogP contribution in [0.3, 0.4) is 0 Å². The van der Waals surface area contributed by atoms with Crippen LogP contribution in [0.15, 0.2) is 77.6 Å². The van der Waals surface area contributed by atoms with E-state index in [0.29, 0.717) is 50.3 Å². The molecular formula is C29H28ClN5O5S. The van der Waals surface area contributed by atoms with E-state index < -0.39 is 16.9 Å². The predicted octanol–water partition coefficient (Wildman–Crippen LogP) is 5.40. The van der Waals surface area contributed by atoms with Gasteiger partial charge < -0.3 is 24.5 Å². The first-order chi connectivity index (χ1) is 20.9. The third-order valence-electron chi connectivity index (χ3n) is 6.02. The average molecular weight is 597 g/mol. The van der Waals surface area contributed by atoms with Gasteiger partial charge in [0.1, 0.15) is 51.6 Å². The SMILES string of the molecule is [2H]C([2H])([2H])Oc1cc2ncnc(Nc3ccc(OCc4ccccn4)c(Cl)c3)c2cc1-c1ccc(CNCCS(C)(=O)=O)o1. The molecule has 0 saturated carbocycles. The van der Waals surface area contributed by atoms with Gasteiger partial charge in [-0.2, -0.15) is 0 Å². The smallest absolute Gasteiger partial charge is 0.148 e. The molecule has 0 unspecified atom stereocenters. The van der Waals surface area contributed by atoms with Crippen molar-refractivity contribution in [1.29, 1.82) is 0 Å². The first-order valence-electron chi connectivity index (χ1n) is 14.0. The van der Waals surface area contributed by atoms with Crippen LogP contribution < -0.4 is 20.1 Å². The van der Waals surface area contributed by atoms with Gasteiger partial charge in [0.2, 0.25) is 0 Å². The summed E-state index contributed by atoms with van der Waals surface area (Å²) < 4.78 is 62.9. The highest BCUT2D eigenvalue weighted by Crippen LogP contribution is 2.37. The van der Waals surface area contributed by atoms with Crippen LogP contribution in [0.5, 0.6) is 11.5 Å². The van der Waals surface area contributed by atoms with E-state index in [9.17, 15) is 8.42 Å². The molecule has 5 rings (SSSR count). The number of halogens is 1. The zero-order chi connectivity index (χ0) is 31.3. The van der Waals surface area contributed by atoms with Crippen molar-refractivity contribution in [3.8, 4) is 22.8 Å². The molecule has 10 nitrogen and oxygen atoms in total. The number of furan rings is 1. The standard InChI is InChI=1S/C29H28ClN5O5S/c1-38-28-15-25-22(14-23(28)26-9-7-21(40-26)16-31-11-12-41(2,36)37)29(34-18-33-25)35-19-6-8-27(24(30)13-19)39-17-20-5-3-4-10-32-20/h3-10,13-15,18,31H,11-12,16-17H2,1-2H3,(H,33,34,35)/i1D3. The minimum Gasteiger partial charge on any atom is -0.496 e. The molecule has 0 aliphatic heterocycles. The van der Waals surface area contributed by atoms with Crippen molar-refractivity contribution in [3.05, 3.63) is 89.7 Å². The third kappa shape index (κ3) is 7.31. The van der Waals surface area contributed by atoms with Crippen molar-refractivity contribution >= 4 is 43.8 Å². The highest BCUT2D eigenvalue weighted by molar-refractivity contribution is 7.90. The number of nitrogens with one attached hydrogen (secondary N) is 2. The first kappa shape index (κ1) is 24.6. The van der Waals surface area contributed by atoms with Crippen molar-refractivity contribution in [2.24, 2.45) is 0 Å². The monoisotopic (exact) mass is 596 g/mol. The summed E-state index contributed by atoms with van der Waals surface area (Å²) in [5.41, 5.74) is 2.19. The first-order valence-corrected chi connectivity index (χ1v) is 14.9. The molecule has 0 bridgehead atoms. The van der Waals surface area contributed by atoms with Gasteiger partial charge in [0, 0.05) is 36.1 Å². The van der Waals surface area contributed by atoms with Gasteiger partial charge >= 0.3 is 0 Å². The van der Waals surface area contributed by atoms with Crippen molar-refractivity contribution in [2.75, 3.05) is 30.9 Å². The van der Waals surface area contributed by atoms with E-state index in [4.69, 9.17) is 29.6 Å². The summed E-state index contributed by atoms with van der Waals surface area (Å²) in [5.74, 6) is 1.83. The Bertz CT molecular complexity index is 1870. The Morgan fingerprint density at radius 1 is 1.05 bits per heavy atom. The van der Waals surface area contributed by atoms with E-state index >= 15 is 0 Å². The quantitative estimate of drug-likeness (QED) is 0.181. The molecule has 5 aromatic rings. The molecule has 12 heteroatoms. The number of hydrogen-bond acceptors (Lipinski definition) is 10. The van der Waals surface area contributed by atoms with Crippen molar-refractivity contribution < 1.29 is 26.4 Å². The Morgan fingerprint density at radius 2 is 1.95 bits per heavy atom. The summed E-state index contributed by atoms with van der Waals surface area (Å²) in [7, 11) is -5.83. The molecule has 0 fully saturated rings. The van der Waals surface area contributed by atoms with Crippen LogP contribution in [-0.4, -0.2) is 49.0 Å². The summed E-state index contributed by atoms with van der Waals surface area (Å²) in [6, 6.07) is 17.4. The maximum Gasteiger partial charge on any atom is 0.148 e. The lowest BCUT2D eigenvalue weighted by Crippen LogP contribution is -2.21. The fraction of sp³-hybridized carbons (Fsp3) is 0.207. The van der Waals surface area contributed by atoms with E-state index in [1.807, 2.05) is 18.2 Å². The Labute approximate surface area is 246 Å². The topological polar surface area (TPSA) is 128 Å². The minimum absolute atomic E-state index is 0.0102. The number of ether oxygens (including phenoxy) is 2. The van der Waals surface area contributed by atoms with E-state index in [1.54, 1.807) is 42.6 Å². The lowest BCUT2D eigenvalue weighted by molar-refractivity contribution is 0.301. The van der Waals surface area contributed by atoms with Crippen LogP contribution in [0.1, 0.15) is 15.6 Å². The number of aromatic nitrogens is 3. The van der Waals surface area contributed by atoms with Crippen molar-refractivity contribution in [3.63, 3.8) is 0 Å². The fourth-order valence-electron chi connectivity index (χ4n) is 4.01. The molecule has 0 spiro atoms. The molecule has 3 heterocycles. The van der Waals surface area contributed by atoms with Crippen molar-refractivity contribution in [2.45, 2.75) is 13.2 Å². The van der Waals surface area contributed by atoms with Gasteiger partial charge in [-0.15, -0.1) is 0 Å². The van der Waals surface area contributed by atoms with Gasteiger partial charge in [0.05, 0.1) is 45.2 Å². The molecule has 0 radical (unpaired) electrons. The number of methoxy groups -OCH3 is 1. The summed E-state index contributed by atoms with van der Waals surface area (Å²) in [6.07, 6.45) is 4.21. The van der Waals surface area contributed by atoms with Gasteiger partial charge in [0.25, 0.3) is 0 Å². The lowest BCUT2D eigenvalue weighted by Gasteiger charge is -2.13. The minimum atomic E-state index is -3.10. The molecule has 2 aromatic carbocycles.